The van der Waals surface area contributed by atoms with E-state index in [1.54, 1.807) is 0 Å². The van der Waals surface area contributed by atoms with Gasteiger partial charge in [0.05, 0.1) is 6.10 Å². The minimum Gasteiger partial charge on any atom is -0.487 e. The second kappa shape index (κ2) is 5.10. The lowest BCUT2D eigenvalue weighted by Gasteiger charge is -2.40. The summed E-state index contributed by atoms with van der Waals surface area (Å²) in [5, 5.41) is 10.5. The second-order valence-corrected chi connectivity index (χ2v) is 7.14. The quantitative estimate of drug-likeness (QED) is 0.755. The van der Waals surface area contributed by atoms with Gasteiger partial charge in [0.25, 0.3) is 0 Å². The fraction of sp³-hybridized carbons (Fsp3) is 0.625. The lowest BCUT2D eigenvalue weighted by Crippen LogP contribution is -2.40. The molecule has 2 nitrogen and oxygen atoms in total. The van der Waals surface area contributed by atoms with Crippen LogP contribution >= 0.6 is 15.9 Å². The zero-order valence-electron chi connectivity index (χ0n) is 11.4. The van der Waals surface area contributed by atoms with Crippen LogP contribution in [0.25, 0.3) is 0 Å². The van der Waals surface area contributed by atoms with Gasteiger partial charge in [-0.15, -0.1) is 0 Å². The van der Waals surface area contributed by atoms with E-state index in [-0.39, 0.29) is 5.60 Å². The molecule has 1 spiro atoms. The first-order valence-corrected chi connectivity index (χ1v) is 8.04. The maximum atomic E-state index is 10.5. The Morgan fingerprint density at radius 2 is 2.16 bits per heavy atom. The number of rotatable bonds is 0. The van der Waals surface area contributed by atoms with E-state index >= 15 is 0 Å². The summed E-state index contributed by atoms with van der Waals surface area (Å²) in [4.78, 5) is 0. The standard InChI is InChI=1S/C16H21BrO2/c1-11-3-2-7-16(8-6-11)10-14(18)13-9-12(17)4-5-15(13)19-16/h4-5,9,11,14,18H,2-3,6-8,10H2,1H3/t11?,14-,16?/m1/s1. The van der Waals surface area contributed by atoms with E-state index in [0.29, 0.717) is 0 Å². The monoisotopic (exact) mass is 324 g/mol. The van der Waals surface area contributed by atoms with Gasteiger partial charge in [-0.25, -0.2) is 0 Å². The van der Waals surface area contributed by atoms with Crippen LogP contribution in [0.4, 0.5) is 0 Å². The molecule has 3 atom stereocenters. The maximum absolute atomic E-state index is 10.5. The molecule has 2 aliphatic rings. The minimum atomic E-state index is -0.394. The molecule has 0 saturated heterocycles. The highest BCUT2D eigenvalue weighted by Crippen LogP contribution is 2.46. The predicted octanol–water partition coefficient (Wildman–Crippen LogP) is 4.60. The molecule has 1 aliphatic carbocycles. The van der Waals surface area contributed by atoms with Crippen LogP contribution < -0.4 is 4.74 Å². The zero-order valence-corrected chi connectivity index (χ0v) is 12.9. The summed E-state index contributed by atoms with van der Waals surface area (Å²) in [6, 6.07) is 5.95. The van der Waals surface area contributed by atoms with E-state index in [2.05, 4.69) is 22.9 Å². The smallest absolute Gasteiger partial charge is 0.126 e. The number of aliphatic hydroxyl groups excluding tert-OH is 1. The molecule has 2 unspecified atom stereocenters. The van der Waals surface area contributed by atoms with E-state index in [1.807, 2.05) is 18.2 Å². The Kier molecular flexibility index (Phi) is 3.61. The van der Waals surface area contributed by atoms with Crippen LogP contribution in [0.2, 0.25) is 0 Å². The summed E-state index contributed by atoms with van der Waals surface area (Å²) >= 11 is 3.46. The van der Waals surface area contributed by atoms with Gasteiger partial charge in [-0.1, -0.05) is 29.3 Å². The van der Waals surface area contributed by atoms with E-state index in [4.69, 9.17) is 4.74 Å². The molecular formula is C16H21BrO2. The van der Waals surface area contributed by atoms with Crippen molar-refractivity contribution in [2.45, 2.75) is 57.2 Å². The summed E-state index contributed by atoms with van der Waals surface area (Å²) in [6.45, 7) is 2.32. The van der Waals surface area contributed by atoms with Crippen molar-refractivity contribution in [3.63, 3.8) is 0 Å². The maximum Gasteiger partial charge on any atom is 0.126 e. The van der Waals surface area contributed by atoms with Crippen LogP contribution in [0.15, 0.2) is 22.7 Å². The highest BCUT2D eigenvalue weighted by molar-refractivity contribution is 9.10. The molecule has 19 heavy (non-hydrogen) atoms. The molecular weight excluding hydrogens is 304 g/mol. The zero-order chi connectivity index (χ0) is 13.5. The molecule has 104 valence electrons. The van der Waals surface area contributed by atoms with Gasteiger partial charge in [0, 0.05) is 16.5 Å². The number of aliphatic hydroxyl groups is 1. The Morgan fingerprint density at radius 3 is 3.00 bits per heavy atom. The van der Waals surface area contributed by atoms with Gasteiger partial charge in [-0.2, -0.15) is 0 Å². The van der Waals surface area contributed by atoms with Crippen molar-refractivity contribution >= 4 is 15.9 Å². The number of hydrogen-bond acceptors (Lipinski definition) is 2. The van der Waals surface area contributed by atoms with Gasteiger partial charge in [-0.3, -0.25) is 0 Å². The summed E-state index contributed by atoms with van der Waals surface area (Å²) in [7, 11) is 0. The Bertz CT molecular complexity index is 474. The van der Waals surface area contributed by atoms with Gasteiger partial charge >= 0.3 is 0 Å². The number of ether oxygens (including phenoxy) is 1. The predicted molar refractivity (Wildman–Crippen MR) is 79.3 cm³/mol. The highest BCUT2D eigenvalue weighted by atomic mass is 79.9. The number of benzene rings is 1. The number of fused-ring (bicyclic) bond motifs is 1. The molecule has 0 bridgehead atoms. The first-order chi connectivity index (χ1) is 9.08. The highest BCUT2D eigenvalue weighted by Gasteiger charge is 2.41. The molecule has 1 fully saturated rings. The normalized spacial score (nSPS) is 34.5. The Balaban J connectivity index is 1.89. The Morgan fingerprint density at radius 1 is 1.32 bits per heavy atom. The molecule has 3 rings (SSSR count). The third-order valence-electron chi connectivity index (χ3n) is 4.64. The molecule has 0 amide bonds. The minimum absolute atomic E-state index is 0.134. The molecule has 0 radical (unpaired) electrons. The summed E-state index contributed by atoms with van der Waals surface area (Å²) < 4.78 is 7.33. The van der Waals surface area contributed by atoms with Crippen molar-refractivity contribution in [2.75, 3.05) is 0 Å². The fourth-order valence-electron chi connectivity index (χ4n) is 3.47. The summed E-state index contributed by atoms with van der Waals surface area (Å²) in [5.74, 6) is 1.66. The van der Waals surface area contributed by atoms with Crippen LogP contribution in [0, 0.1) is 5.92 Å². The Labute approximate surface area is 123 Å². The van der Waals surface area contributed by atoms with Gasteiger partial charge in [-0.05, 0) is 49.8 Å². The molecule has 1 saturated carbocycles. The largest absolute Gasteiger partial charge is 0.487 e. The summed E-state index contributed by atoms with van der Waals surface area (Å²) in [6.07, 6.45) is 6.19. The van der Waals surface area contributed by atoms with Crippen LogP contribution in [-0.2, 0) is 0 Å². The fourth-order valence-corrected chi connectivity index (χ4v) is 3.85. The second-order valence-electron chi connectivity index (χ2n) is 6.22. The average molecular weight is 325 g/mol. The van der Waals surface area contributed by atoms with Gasteiger partial charge < -0.3 is 9.84 Å². The van der Waals surface area contributed by atoms with E-state index < -0.39 is 6.10 Å². The van der Waals surface area contributed by atoms with Crippen molar-refractivity contribution in [1.29, 1.82) is 0 Å². The average Bonchev–Trinajstić information content (AvgIpc) is 2.54. The van der Waals surface area contributed by atoms with Crippen LogP contribution in [0.5, 0.6) is 5.75 Å². The first-order valence-electron chi connectivity index (χ1n) is 7.24. The van der Waals surface area contributed by atoms with Crippen molar-refractivity contribution in [3.8, 4) is 5.75 Å². The summed E-state index contributed by atoms with van der Waals surface area (Å²) in [5.41, 5.74) is 0.794. The molecule has 1 heterocycles. The topological polar surface area (TPSA) is 29.5 Å². The number of halogens is 1. The van der Waals surface area contributed by atoms with Crippen molar-refractivity contribution < 1.29 is 9.84 Å². The van der Waals surface area contributed by atoms with E-state index in [9.17, 15) is 5.11 Å². The molecule has 3 heteroatoms. The molecule has 1 aliphatic heterocycles. The van der Waals surface area contributed by atoms with Crippen molar-refractivity contribution in [3.05, 3.63) is 28.2 Å². The van der Waals surface area contributed by atoms with Gasteiger partial charge in [0.2, 0.25) is 0 Å². The van der Waals surface area contributed by atoms with Gasteiger partial charge in [0.15, 0.2) is 0 Å². The molecule has 1 N–H and O–H groups in total. The lowest BCUT2D eigenvalue weighted by atomic mass is 9.83. The van der Waals surface area contributed by atoms with E-state index in [0.717, 1.165) is 41.0 Å². The third-order valence-corrected chi connectivity index (χ3v) is 5.14. The van der Waals surface area contributed by atoms with Crippen LogP contribution in [0.1, 0.15) is 57.1 Å². The van der Waals surface area contributed by atoms with Gasteiger partial charge in [0.1, 0.15) is 11.4 Å². The molecule has 1 aromatic rings. The van der Waals surface area contributed by atoms with Crippen molar-refractivity contribution in [2.24, 2.45) is 5.92 Å². The third kappa shape index (κ3) is 2.68. The number of hydrogen-bond donors (Lipinski definition) is 1. The molecule has 1 aromatic carbocycles. The first kappa shape index (κ1) is 13.4. The SMILES string of the molecule is CC1CCCC2(CC1)C[C@@H](O)c1cc(Br)ccc1O2. The Hall–Kier alpha value is -0.540. The lowest BCUT2D eigenvalue weighted by molar-refractivity contribution is -0.0250. The van der Waals surface area contributed by atoms with E-state index in [1.165, 1.54) is 19.3 Å². The van der Waals surface area contributed by atoms with Crippen LogP contribution in [-0.4, -0.2) is 10.7 Å². The van der Waals surface area contributed by atoms with Crippen LogP contribution in [0.3, 0.4) is 0 Å². The van der Waals surface area contributed by atoms with Crippen molar-refractivity contribution in [1.82, 2.24) is 0 Å². The molecule has 0 aromatic heterocycles.